The molecule has 3 amide bonds. The fourth-order valence-corrected chi connectivity index (χ4v) is 8.33. The zero-order chi connectivity index (χ0) is 41.4. The molecule has 0 aromatic heterocycles. The van der Waals surface area contributed by atoms with Gasteiger partial charge in [0.1, 0.15) is 5.75 Å². The molecule has 3 aliphatic heterocycles. The molecule has 13 heteroatoms. The van der Waals surface area contributed by atoms with Crippen molar-refractivity contribution in [3.05, 3.63) is 95.1 Å². The van der Waals surface area contributed by atoms with Crippen molar-refractivity contribution < 1.29 is 44.0 Å². The van der Waals surface area contributed by atoms with Crippen LogP contribution >= 0.6 is 0 Å². The van der Waals surface area contributed by atoms with Gasteiger partial charge in [-0.1, -0.05) is 43.3 Å². The molecule has 4 N–H and O–H groups in total. The van der Waals surface area contributed by atoms with Gasteiger partial charge in [-0.15, -0.1) is 0 Å². The van der Waals surface area contributed by atoms with Crippen LogP contribution in [0.1, 0.15) is 74.6 Å². The van der Waals surface area contributed by atoms with E-state index in [4.69, 9.17) is 9.47 Å². The lowest BCUT2D eigenvalue weighted by atomic mass is 9.82. The normalized spacial score (nSPS) is 20.6. The Morgan fingerprint density at radius 2 is 1.74 bits per heavy atom. The lowest BCUT2D eigenvalue weighted by Crippen LogP contribution is -2.49. The summed E-state index contributed by atoms with van der Waals surface area (Å²) < 4.78 is 10.6. The van der Waals surface area contributed by atoms with Crippen molar-refractivity contribution in [1.82, 2.24) is 10.2 Å². The molecule has 0 aliphatic carbocycles. The Morgan fingerprint density at radius 3 is 2.48 bits per heavy atom. The Kier molecular flexibility index (Phi) is 14.0. The highest BCUT2D eigenvalue weighted by atomic mass is 16.5. The van der Waals surface area contributed by atoms with Crippen LogP contribution in [0.15, 0.2) is 72.8 Å². The van der Waals surface area contributed by atoms with E-state index in [0.717, 1.165) is 16.7 Å². The molecule has 4 atom stereocenters. The highest BCUT2D eigenvalue weighted by Gasteiger charge is 2.53. The molecule has 13 nitrogen and oxygen atoms in total. The number of carbonyl (C=O) groups is 4. The molecule has 0 saturated carbocycles. The number of nitrogens with zero attached hydrogens (tertiary/aromatic N) is 3. The van der Waals surface area contributed by atoms with E-state index in [1.54, 1.807) is 47.1 Å². The van der Waals surface area contributed by atoms with Crippen LogP contribution in [-0.4, -0.2) is 96.0 Å². The van der Waals surface area contributed by atoms with Gasteiger partial charge in [0.2, 0.25) is 11.8 Å². The molecule has 6 rings (SSSR count). The Hall–Kier alpha value is -5.08. The number of hydrogen-bond acceptors (Lipinski definition) is 10. The van der Waals surface area contributed by atoms with Crippen molar-refractivity contribution in [2.75, 3.05) is 49.8 Å². The second-order valence-corrected chi connectivity index (χ2v) is 15.2. The number of rotatable bonds is 18. The Balaban J connectivity index is 1.31. The number of hydrogen-bond donors (Lipinski definition) is 4. The number of methoxy groups -OCH3 is 1. The van der Waals surface area contributed by atoms with E-state index in [0.29, 0.717) is 86.6 Å². The van der Waals surface area contributed by atoms with Gasteiger partial charge in [-0.05, 0) is 105 Å². The van der Waals surface area contributed by atoms with E-state index in [1.165, 1.54) is 12.0 Å². The minimum absolute atomic E-state index is 0.00685. The Morgan fingerprint density at radius 1 is 0.966 bits per heavy atom. The molecular formula is C45H56N4O9. The molecule has 3 heterocycles. The van der Waals surface area contributed by atoms with Crippen molar-refractivity contribution in [2.24, 2.45) is 5.92 Å². The zero-order valence-corrected chi connectivity index (χ0v) is 33.7. The number of ether oxygens (including phenoxy) is 2. The molecule has 3 aromatic carbocycles. The Bertz CT molecular complexity index is 2000. The number of nitrogens with one attached hydrogen (secondary N) is 1. The quantitative estimate of drug-likeness (QED) is 0.0821. The van der Waals surface area contributed by atoms with Crippen LogP contribution in [0.4, 0.5) is 17.1 Å². The molecule has 1 unspecified atom stereocenters. The third-order valence-electron chi connectivity index (χ3n) is 11.5. The summed E-state index contributed by atoms with van der Waals surface area (Å²) in [5, 5.41) is 35.4. The van der Waals surface area contributed by atoms with Crippen LogP contribution < -0.4 is 19.9 Å². The van der Waals surface area contributed by atoms with E-state index < -0.39 is 23.5 Å². The van der Waals surface area contributed by atoms with Gasteiger partial charge in [-0.2, -0.15) is 0 Å². The molecule has 0 saturated heterocycles. The van der Waals surface area contributed by atoms with Crippen molar-refractivity contribution in [3.8, 4) is 5.75 Å². The number of esters is 1. The molecule has 3 aliphatic rings. The molecular weight excluding hydrogens is 741 g/mol. The highest BCUT2D eigenvalue weighted by Crippen LogP contribution is 2.48. The first-order valence-electron chi connectivity index (χ1n) is 20.4. The average molecular weight is 797 g/mol. The summed E-state index contributed by atoms with van der Waals surface area (Å²) in [6.07, 6.45) is 6.80. The highest BCUT2D eigenvalue weighted by molar-refractivity contribution is 6.10. The molecule has 0 fully saturated rings. The third-order valence-corrected chi connectivity index (χ3v) is 11.5. The van der Waals surface area contributed by atoms with Gasteiger partial charge in [0, 0.05) is 49.7 Å². The first kappa shape index (κ1) is 42.5. The first-order valence-corrected chi connectivity index (χ1v) is 20.4. The monoisotopic (exact) mass is 796 g/mol. The summed E-state index contributed by atoms with van der Waals surface area (Å²) in [6.45, 7) is 5.18. The predicted molar refractivity (Wildman–Crippen MR) is 220 cm³/mol. The van der Waals surface area contributed by atoms with Crippen LogP contribution in [0.5, 0.6) is 5.75 Å². The summed E-state index contributed by atoms with van der Waals surface area (Å²) >= 11 is 0. The summed E-state index contributed by atoms with van der Waals surface area (Å²) in [5.74, 6) is -1.36. The van der Waals surface area contributed by atoms with Crippen LogP contribution in [0.25, 0.3) is 0 Å². The number of aliphatic hydroxyl groups is 3. The SMILES string of the molecule is CCOc1ccc2c(c1)CC(NCCCCO)C(=O)N2c1ccc2c(c1)[C@@](O)([C@H](C)/C=C/CC(=O)N1Cc3ccccc3C[C@H]1CO)C(=O)N2CCCCC(=O)OC. The van der Waals surface area contributed by atoms with Crippen molar-refractivity contribution in [3.63, 3.8) is 0 Å². The molecule has 310 valence electrons. The molecule has 0 spiro atoms. The molecule has 3 aromatic rings. The van der Waals surface area contributed by atoms with Crippen LogP contribution in [0, 0.1) is 5.92 Å². The lowest BCUT2D eigenvalue weighted by Gasteiger charge is -2.36. The number of anilines is 3. The number of unbranched alkanes of at least 4 members (excludes halogenated alkanes) is 2. The summed E-state index contributed by atoms with van der Waals surface area (Å²) in [7, 11) is 1.33. The molecule has 0 radical (unpaired) electrons. The first-order chi connectivity index (χ1) is 28.0. The zero-order valence-electron chi connectivity index (χ0n) is 33.7. The second-order valence-electron chi connectivity index (χ2n) is 15.2. The van der Waals surface area contributed by atoms with Crippen molar-refractivity contribution in [1.29, 1.82) is 0 Å². The van der Waals surface area contributed by atoms with Crippen molar-refractivity contribution in [2.45, 2.75) is 89.4 Å². The van der Waals surface area contributed by atoms with E-state index >= 15 is 0 Å². The fourth-order valence-electron chi connectivity index (χ4n) is 8.33. The van der Waals surface area contributed by atoms with Gasteiger partial charge in [0.05, 0.1) is 43.8 Å². The minimum Gasteiger partial charge on any atom is -0.494 e. The number of carbonyl (C=O) groups excluding carboxylic acids is 4. The van der Waals surface area contributed by atoms with E-state index in [9.17, 15) is 34.5 Å². The van der Waals surface area contributed by atoms with E-state index in [-0.39, 0.29) is 56.4 Å². The van der Waals surface area contributed by atoms with E-state index in [1.807, 2.05) is 49.4 Å². The van der Waals surface area contributed by atoms with Gasteiger partial charge < -0.3 is 39.9 Å². The van der Waals surface area contributed by atoms with Crippen molar-refractivity contribution >= 4 is 40.8 Å². The predicted octanol–water partition coefficient (Wildman–Crippen LogP) is 4.44. The van der Waals surface area contributed by atoms with E-state index in [2.05, 4.69) is 5.32 Å². The largest absolute Gasteiger partial charge is 0.494 e. The van der Waals surface area contributed by atoms with Gasteiger partial charge >= 0.3 is 5.97 Å². The maximum Gasteiger partial charge on any atom is 0.305 e. The average Bonchev–Trinajstić information content (AvgIpc) is 3.45. The van der Waals surface area contributed by atoms with Crippen LogP contribution in [0.2, 0.25) is 0 Å². The fraction of sp³-hybridized carbons (Fsp3) is 0.467. The third kappa shape index (κ3) is 8.82. The lowest BCUT2D eigenvalue weighted by molar-refractivity contribution is -0.140. The van der Waals surface area contributed by atoms with Gasteiger partial charge in [-0.25, -0.2) is 0 Å². The number of benzene rings is 3. The number of aliphatic hydroxyl groups excluding tert-OH is 2. The maximum absolute atomic E-state index is 14.5. The topological polar surface area (TPSA) is 169 Å². The summed E-state index contributed by atoms with van der Waals surface area (Å²) in [5.41, 5.74) is 2.97. The second kappa shape index (κ2) is 19.1. The Labute approximate surface area is 340 Å². The van der Waals surface area contributed by atoms with Gasteiger partial charge in [-0.3, -0.25) is 24.1 Å². The number of fused-ring (bicyclic) bond motifs is 3. The number of amides is 3. The van der Waals surface area contributed by atoms with Gasteiger partial charge in [0.25, 0.3) is 5.91 Å². The maximum atomic E-state index is 14.5. The standard InChI is InChI=1S/C45H56N4O9/c1-4-58-36-18-20-39-33(25-36)26-38(46-21-8-10-23-50)43(54)49(39)34-17-19-40-37(27-34)45(56,44(55)47(40)22-9-7-16-42(53)57-3)30(2)12-11-15-41(52)48-28-32-14-6-5-13-31(32)24-35(48)29-51/h5-6,11-14,17-20,25,27,30,35,38,46,50-51,56H,4,7-10,15-16,21-24,26,28-29H2,1-3H3/b12-11+/t30-,35+,38?,45+/m1/s1. The summed E-state index contributed by atoms with van der Waals surface area (Å²) in [4.78, 5) is 59.0. The summed E-state index contributed by atoms with van der Waals surface area (Å²) in [6, 6.07) is 17.8. The smallest absolute Gasteiger partial charge is 0.305 e. The van der Waals surface area contributed by atoms with Gasteiger partial charge in [0.15, 0.2) is 5.60 Å². The molecule has 58 heavy (non-hydrogen) atoms. The minimum atomic E-state index is -2.05. The molecule has 0 bridgehead atoms. The van der Waals surface area contributed by atoms with Crippen LogP contribution in [-0.2, 0) is 48.9 Å². The van der Waals surface area contributed by atoms with Crippen LogP contribution in [0.3, 0.4) is 0 Å².